The lowest BCUT2D eigenvalue weighted by Gasteiger charge is -2.34. The highest BCUT2D eigenvalue weighted by atomic mass is 79.9. The average molecular weight is 697 g/mol. The van der Waals surface area contributed by atoms with Gasteiger partial charge < -0.3 is 10.2 Å². The van der Waals surface area contributed by atoms with Crippen molar-refractivity contribution in [1.82, 2.24) is 10.2 Å². The van der Waals surface area contributed by atoms with Crippen molar-refractivity contribution in [2.45, 2.75) is 50.7 Å². The third-order valence-corrected chi connectivity index (χ3v) is 9.56. The van der Waals surface area contributed by atoms with E-state index in [0.29, 0.717) is 10.6 Å². The van der Waals surface area contributed by atoms with Crippen molar-refractivity contribution >= 4 is 55.1 Å². The van der Waals surface area contributed by atoms with Crippen LogP contribution >= 0.6 is 27.5 Å². The Morgan fingerprint density at radius 1 is 0.864 bits per heavy atom. The number of rotatable bonds is 12. The largest absolute Gasteiger partial charge is 0.352 e. The van der Waals surface area contributed by atoms with Crippen molar-refractivity contribution in [1.29, 1.82) is 0 Å². The van der Waals surface area contributed by atoms with Gasteiger partial charge in [0.05, 0.1) is 10.6 Å². The van der Waals surface area contributed by atoms with Crippen molar-refractivity contribution in [2.24, 2.45) is 0 Å². The monoisotopic (exact) mass is 695 g/mol. The van der Waals surface area contributed by atoms with Gasteiger partial charge in [-0.2, -0.15) is 0 Å². The van der Waals surface area contributed by atoms with Gasteiger partial charge in [0.15, 0.2) is 0 Å². The summed E-state index contributed by atoms with van der Waals surface area (Å²) in [5.74, 6) is -0.864. The number of nitrogens with one attached hydrogen (secondary N) is 1. The Balaban J connectivity index is 1.82. The zero-order valence-corrected chi connectivity index (χ0v) is 27.9. The predicted octanol–water partition coefficient (Wildman–Crippen LogP) is 6.77. The SMILES string of the molecule is Cc1ccc(Cl)cc1N(CC(=O)N(Cc1ccc(Br)cc1)[C@H](Cc1ccccc1)C(=O)NC(C)C)S(=O)(=O)c1ccccc1. The van der Waals surface area contributed by atoms with E-state index in [1.807, 2.05) is 68.4 Å². The molecule has 4 aromatic rings. The van der Waals surface area contributed by atoms with Gasteiger partial charge in [0.1, 0.15) is 12.6 Å². The van der Waals surface area contributed by atoms with Crippen molar-refractivity contribution in [2.75, 3.05) is 10.8 Å². The molecule has 0 spiro atoms. The van der Waals surface area contributed by atoms with Gasteiger partial charge in [0.25, 0.3) is 10.0 Å². The minimum atomic E-state index is -4.20. The number of hydrogen-bond donors (Lipinski definition) is 1. The fourth-order valence-corrected chi connectivity index (χ4v) is 6.73. The Hall–Kier alpha value is -3.66. The Kier molecular flexibility index (Phi) is 11.2. The van der Waals surface area contributed by atoms with Crippen molar-refractivity contribution in [3.63, 3.8) is 0 Å². The summed E-state index contributed by atoms with van der Waals surface area (Å²) in [6, 6.07) is 28.7. The summed E-state index contributed by atoms with van der Waals surface area (Å²) >= 11 is 9.78. The zero-order chi connectivity index (χ0) is 31.9. The molecular weight excluding hydrogens is 662 g/mol. The molecule has 10 heteroatoms. The average Bonchev–Trinajstić information content (AvgIpc) is 3.00. The number of benzene rings is 4. The summed E-state index contributed by atoms with van der Waals surface area (Å²) in [4.78, 5) is 29.8. The van der Waals surface area contributed by atoms with E-state index in [9.17, 15) is 18.0 Å². The lowest BCUT2D eigenvalue weighted by molar-refractivity contribution is -0.140. The Morgan fingerprint density at radius 2 is 1.48 bits per heavy atom. The number of hydrogen-bond acceptors (Lipinski definition) is 4. The number of aryl methyl sites for hydroxylation is 1. The highest BCUT2D eigenvalue weighted by molar-refractivity contribution is 9.10. The van der Waals surface area contributed by atoms with Crippen LogP contribution in [-0.2, 0) is 32.6 Å². The van der Waals surface area contributed by atoms with E-state index in [1.165, 1.54) is 23.1 Å². The van der Waals surface area contributed by atoms with E-state index in [0.717, 1.165) is 19.9 Å². The van der Waals surface area contributed by atoms with Gasteiger partial charge in [-0.25, -0.2) is 8.42 Å². The van der Waals surface area contributed by atoms with E-state index in [1.54, 1.807) is 37.3 Å². The Bertz CT molecular complexity index is 1690. The number of carbonyl (C=O) groups excluding carboxylic acids is 2. The summed E-state index contributed by atoms with van der Waals surface area (Å²) in [7, 11) is -4.20. The molecule has 1 N–H and O–H groups in total. The lowest BCUT2D eigenvalue weighted by atomic mass is 10.0. The first-order chi connectivity index (χ1) is 21.0. The van der Waals surface area contributed by atoms with Crippen LogP contribution in [0.5, 0.6) is 0 Å². The molecule has 0 bridgehead atoms. The van der Waals surface area contributed by atoms with Gasteiger partial charge in [-0.3, -0.25) is 13.9 Å². The second-order valence-corrected chi connectivity index (χ2v) is 14.0. The van der Waals surface area contributed by atoms with Gasteiger partial charge in [0, 0.05) is 28.5 Å². The van der Waals surface area contributed by atoms with E-state index in [2.05, 4.69) is 21.2 Å². The molecule has 0 aromatic heterocycles. The highest BCUT2D eigenvalue weighted by Crippen LogP contribution is 2.30. The van der Waals surface area contributed by atoms with Crippen LogP contribution in [0.1, 0.15) is 30.5 Å². The van der Waals surface area contributed by atoms with Crippen LogP contribution in [-0.4, -0.2) is 43.8 Å². The number of carbonyl (C=O) groups is 2. The molecule has 7 nitrogen and oxygen atoms in total. The number of nitrogens with zero attached hydrogens (tertiary/aromatic N) is 2. The molecule has 4 aromatic carbocycles. The molecule has 0 aliphatic carbocycles. The quantitative estimate of drug-likeness (QED) is 0.177. The van der Waals surface area contributed by atoms with Gasteiger partial charge >= 0.3 is 0 Å². The number of sulfonamides is 1. The molecule has 1 atom stereocenters. The molecule has 44 heavy (non-hydrogen) atoms. The van der Waals surface area contributed by atoms with Crippen LogP contribution in [0, 0.1) is 6.92 Å². The molecule has 0 saturated carbocycles. The molecule has 0 radical (unpaired) electrons. The fourth-order valence-electron chi connectivity index (χ4n) is 4.81. The summed E-state index contributed by atoms with van der Waals surface area (Å²) in [6.07, 6.45) is 0.239. The fraction of sp³-hybridized carbons (Fsp3) is 0.235. The molecule has 0 heterocycles. The summed E-state index contributed by atoms with van der Waals surface area (Å²) in [6.45, 7) is 5.01. The zero-order valence-electron chi connectivity index (χ0n) is 24.8. The number of amides is 2. The topological polar surface area (TPSA) is 86.8 Å². The summed E-state index contributed by atoms with van der Waals surface area (Å²) in [5, 5.41) is 3.29. The predicted molar refractivity (Wildman–Crippen MR) is 179 cm³/mol. The van der Waals surface area contributed by atoms with Gasteiger partial charge in [-0.05, 0) is 73.9 Å². The number of anilines is 1. The maximum Gasteiger partial charge on any atom is 0.264 e. The molecule has 0 aliphatic heterocycles. The molecule has 0 fully saturated rings. The van der Waals surface area contributed by atoms with Crippen molar-refractivity contribution < 1.29 is 18.0 Å². The van der Waals surface area contributed by atoms with E-state index in [-0.39, 0.29) is 35.5 Å². The highest BCUT2D eigenvalue weighted by Gasteiger charge is 2.35. The standard InChI is InChI=1S/C34H35BrClN3O4S/c1-24(2)37-34(41)32(20-26-10-6-4-7-11-26)38(22-27-15-17-28(35)18-16-27)33(40)23-39(31-21-29(36)19-14-25(31)3)44(42,43)30-12-8-5-9-13-30/h4-19,21,24,32H,20,22-23H2,1-3H3,(H,37,41)/t32-/m1/s1. The molecule has 4 rings (SSSR count). The molecule has 0 saturated heterocycles. The number of halogens is 2. The Labute approximate surface area is 273 Å². The second-order valence-electron chi connectivity index (χ2n) is 10.8. The minimum absolute atomic E-state index is 0.0324. The van der Waals surface area contributed by atoms with Gasteiger partial charge in [-0.1, -0.05) is 94.3 Å². The molecule has 0 aliphatic rings. The van der Waals surface area contributed by atoms with Gasteiger partial charge in [0.2, 0.25) is 11.8 Å². The van der Waals surface area contributed by atoms with E-state index in [4.69, 9.17) is 11.6 Å². The van der Waals surface area contributed by atoms with Crippen LogP contribution in [0.25, 0.3) is 0 Å². The van der Waals surface area contributed by atoms with Crippen LogP contribution in [0.2, 0.25) is 5.02 Å². The first-order valence-electron chi connectivity index (χ1n) is 14.2. The van der Waals surface area contributed by atoms with E-state index >= 15 is 0 Å². The van der Waals surface area contributed by atoms with Crippen molar-refractivity contribution in [3.8, 4) is 0 Å². The maximum atomic E-state index is 14.5. The molecule has 230 valence electrons. The Morgan fingerprint density at radius 3 is 2.09 bits per heavy atom. The first kappa shape index (κ1) is 33.2. The van der Waals surface area contributed by atoms with Crippen molar-refractivity contribution in [3.05, 3.63) is 129 Å². The smallest absolute Gasteiger partial charge is 0.264 e. The third-order valence-electron chi connectivity index (χ3n) is 7.02. The van der Waals surface area contributed by atoms with Crippen LogP contribution in [0.4, 0.5) is 5.69 Å². The third kappa shape index (κ3) is 8.49. The summed E-state index contributed by atoms with van der Waals surface area (Å²) < 4.78 is 30.2. The maximum absolute atomic E-state index is 14.5. The second kappa shape index (κ2) is 14.9. The minimum Gasteiger partial charge on any atom is -0.352 e. The lowest BCUT2D eigenvalue weighted by Crippen LogP contribution is -2.54. The van der Waals surface area contributed by atoms with E-state index < -0.39 is 28.5 Å². The van der Waals surface area contributed by atoms with Gasteiger partial charge in [-0.15, -0.1) is 0 Å². The first-order valence-corrected chi connectivity index (χ1v) is 16.8. The molecular formula is C34H35BrClN3O4S. The normalized spacial score (nSPS) is 12.0. The molecule has 2 amide bonds. The molecule has 0 unspecified atom stereocenters. The van der Waals surface area contributed by atoms with Crippen LogP contribution in [0.15, 0.2) is 112 Å². The van der Waals surface area contributed by atoms with Crippen LogP contribution in [0.3, 0.4) is 0 Å². The van der Waals surface area contributed by atoms with Crippen LogP contribution < -0.4 is 9.62 Å². The summed E-state index contributed by atoms with van der Waals surface area (Å²) in [5.41, 5.74) is 2.56.